The Morgan fingerprint density at radius 3 is 2.94 bits per heavy atom. The van der Waals surface area contributed by atoms with E-state index in [0.29, 0.717) is 26.3 Å². The van der Waals surface area contributed by atoms with Crippen LogP contribution in [0, 0.1) is 11.7 Å². The van der Waals surface area contributed by atoms with Gasteiger partial charge < -0.3 is 14.0 Å². The molecule has 1 amide bonds. The highest BCUT2D eigenvalue weighted by Gasteiger charge is 2.45. The van der Waals surface area contributed by atoms with E-state index in [1.165, 1.54) is 11.6 Å². The van der Waals surface area contributed by atoms with Crippen molar-refractivity contribution in [3.63, 3.8) is 0 Å². The summed E-state index contributed by atoms with van der Waals surface area (Å²) in [5, 5.41) is 0. The minimum atomic E-state index is -0.604. The van der Waals surface area contributed by atoms with Crippen molar-refractivity contribution < 1.29 is 13.9 Å². The number of carbonyl (C=O) groups is 1. The van der Waals surface area contributed by atoms with Crippen LogP contribution in [0.5, 0.6) is 0 Å². The van der Waals surface area contributed by atoms with Crippen LogP contribution in [0.15, 0.2) is 55.0 Å². The number of benzene rings is 1. The zero-order valence-electron chi connectivity index (χ0n) is 17.7. The van der Waals surface area contributed by atoms with Gasteiger partial charge in [-0.05, 0) is 48.6 Å². The third kappa shape index (κ3) is 3.97. The molecule has 1 aliphatic heterocycles. The lowest BCUT2D eigenvalue weighted by Gasteiger charge is -2.35. The SMILES string of the molecule is O=C(N1CCOCC(Cc2ccc3nccn3c2)C1)C1(c2cccc(F)c2)CCCC1. The maximum absolute atomic E-state index is 14.0. The van der Waals surface area contributed by atoms with Crippen LogP contribution >= 0.6 is 0 Å². The smallest absolute Gasteiger partial charge is 0.233 e. The summed E-state index contributed by atoms with van der Waals surface area (Å²) >= 11 is 0. The van der Waals surface area contributed by atoms with Crippen LogP contribution in [0.3, 0.4) is 0 Å². The Morgan fingerprint density at radius 2 is 2.10 bits per heavy atom. The predicted octanol–water partition coefficient (Wildman–Crippen LogP) is 4.00. The molecule has 0 bridgehead atoms. The van der Waals surface area contributed by atoms with Crippen LogP contribution in [0.1, 0.15) is 36.8 Å². The first-order chi connectivity index (χ1) is 15.1. The van der Waals surface area contributed by atoms with Gasteiger partial charge >= 0.3 is 0 Å². The summed E-state index contributed by atoms with van der Waals surface area (Å²) in [5.41, 5.74) is 2.35. The molecule has 0 radical (unpaired) electrons. The molecule has 1 saturated heterocycles. The Labute approximate surface area is 181 Å². The second-order valence-electron chi connectivity index (χ2n) is 8.93. The van der Waals surface area contributed by atoms with E-state index in [2.05, 4.69) is 17.2 Å². The van der Waals surface area contributed by atoms with Gasteiger partial charge in [0.05, 0.1) is 18.6 Å². The van der Waals surface area contributed by atoms with E-state index < -0.39 is 5.41 Å². The molecular formula is C25H28FN3O2. The van der Waals surface area contributed by atoms with Crippen molar-refractivity contribution in [3.05, 3.63) is 71.9 Å². The van der Waals surface area contributed by atoms with Gasteiger partial charge in [-0.25, -0.2) is 9.37 Å². The van der Waals surface area contributed by atoms with Gasteiger partial charge in [-0.2, -0.15) is 0 Å². The summed E-state index contributed by atoms with van der Waals surface area (Å²) in [6, 6.07) is 10.8. The number of nitrogens with zero attached hydrogens (tertiary/aromatic N) is 3. The minimum Gasteiger partial charge on any atom is -0.379 e. The lowest BCUT2D eigenvalue weighted by atomic mass is 9.77. The molecule has 5 nitrogen and oxygen atoms in total. The molecule has 162 valence electrons. The highest BCUT2D eigenvalue weighted by atomic mass is 19.1. The number of hydrogen-bond donors (Lipinski definition) is 0. The lowest BCUT2D eigenvalue weighted by Crippen LogP contribution is -2.47. The zero-order chi connectivity index (χ0) is 21.3. The van der Waals surface area contributed by atoms with Gasteiger partial charge in [0.2, 0.25) is 5.91 Å². The zero-order valence-corrected chi connectivity index (χ0v) is 17.7. The Hall–Kier alpha value is -2.73. The molecule has 1 aliphatic carbocycles. The molecule has 0 spiro atoms. The molecule has 3 aromatic rings. The summed E-state index contributed by atoms with van der Waals surface area (Å²) in [4.78, 5) is 20.1. The van der Waals surface area contributed by atoms with Crippen molar-refractivity contribution in [2.24, 2.45) is 5.92 Å². The molecule has 2 aliphatic rings. The molecule has 1 aromatic carbocycles. The number of pyridine rings is 1. The van der Waals surface area contributed by atoms with Gasteiger partial charge in [0, 0.05) is 37.6 Å². The molecule has 2 aromatic heterocycles. The molecule has 2 fully saturated rings. The molecule has 31 heavy (non-hydrogen) atoms. The van der Waals surface area contributed by atoms with E-state index in [0.717, 1.165) is 43.3 Å². The molecule has 1 unspecified atom stereocenters. The number of amides is 1. The Balaban J connectivity index is 1.37. The lowest BCUT2D eigenvalue weighted by molar-refractivity contribution is -0.137. The second kappa shape index (κ2) is 8.42. The molecular weight excluding hydrogens is 393 g/mol. The van der Waals surface area contributed by atoms with Gasteiger partial charge in [0.15, 0.2) is 0 Å². The van der Waals surface area contributed by atoms with Gasteiger partial charge in [0.1, 0.15) is 11.5 Å². The van der Waals surface area contributed by atoms with E-state index in [-0.39, 0.29) is 17.6 Å². The van der Waals surface area contributed by atoms with Crippen LogP contribution in [0.2, 0.25) is 0 Å². The number of ether oxygens (including phenoxy) is 1. The molecule has 1 atom stereocenters. The van der Waals surface area contributed by atoms with Gasteiger partial charge in [-0.1, -0.05) is 31.0 Å². The molecule has 1 saturated carbocycles. The first-order valence-corrected chi connectivity index (χ1v) is 11.2. The van der Waals surface area contributed by atoms with Crippen molar-refractivity contribution in [2.75, 3.05) is 26.3 Å². The highest BCUT2D eigenvalue weighted by molar-refractivity contribution is 5.88. The normalized spacial score (nSPS) is 21.3. The van der Waals surface area contributed by atoms with Gasteiger partial charge in [-0.3, -0.25) is 4.79 Å². The summed E-state index contributed by atoms with van der Waals surface area (Å²) < 4.78 is 21.9. The van der Waals surface area contributed by atoms with Crippen molar-refractivity contribution in [2.45, 2.75) is 37.5 Å². The van der Waals surface area contributed by atoms with Crippen molar-refractivity contribution >= 4 is 11.6 Å². The Kier molecular flexibility index (Phi) is 5.48. The molecule has 5 rings (SSSR count). The standard InChI is InChI=1S/C25H28FN3O2/c26-22-5-3-4-21(15-22)25(8-1-2-9-25)24(30)29-12-13-31-18-20(17-29)14-19-6-7-23-27-10-11-28(23)16-19/h3-7,10-11,15-16,20H,1-2,8-9,12-14,17-18H2. The minimum absolute atomic E-state index is 0.135. The van der Waals surface area contributed by atoms with E-state index in [1.54, 1.807) is 18.3 Å². The van der Waals surface area contributed by atoms with Crippen molar-refractivity contribution in [3.8, 4) is 0 Å². The second-order valence-corrected chi connectivity index (χ2v) is 8.93. The summed E-state index contributed by atoms with van der Waals surface area (Å²) in [6.45, 7) is 2.44. The van der Waals surface area contributed by atoms with Crippen LogP contribution < -0.4 is 0 Å². The first-order valence-electron chi connectivity index (χ1n) is 11.2. The molecule has 0 N–H and O–H groups in total. The summed E-state index contributed by atoms with van der Waals surface area (Å²) in [7, 11) is 0. The number of rotatable bonds is 4. The molecule has 6 heteroatoms. The van der Waals surface area contributed by atoms with Crippen LogP contribution in [-0.4, -0.2) is 46.5 Å². The van der Waals surface area contributed by atoms with Gasteiger partial charge in [0.25, 0.3) is 0 Å². The average molecular weight is 422 g/mol. The quantitative estimate of drug-likeness (QED) is 0.640. The van der Waals surface area contributed by atoms with Crippen molar-refractivity contribution in [1.82, 2.24) is 14.3 Å². The average Bonchev–Trinajstić information content (AvgIpc) is 3.40. The van der Waals surface area contributed by atoms with E-state index in [4.69, 9.17) is 4.74 Å². The fraction of sp³-hybridized carbons (Fsp3) is 0.440. The summed E-state index contributed by atoms with van der Waals surface area (Å²) in [6.07, 6.45) is 10.3. The number of imidazole rings is 1. The highest BCUT2D eigenvalue weighted by Crippen LogP contribution is 2.43. The van der Waals surface area contributed by atoms with Gasteiger partial charge in [-0.15, -0.1) is 0 Å². The number of carbonyl (C=O) groups excluding carboxylic acids is 1. The Morgan fingerprint density at radius 1 is 1.23 bits per heavy atom. The number of fused-ring (bicyclic) bond motifs is 1. The third-order valence-corrected chi connectivity index (χ3v) is 6.84. The third-order valence-electron chi connectivity index (χ3n) is 6.84. The van der Waals surface area contributed by atoms with E-state index in [1.807, 2.05) is 27.6 Å². The van der Waals surface area contributed by atoms with E-state index >= 15 is 0 Å². The van der Waals surface area contributed by atoms with Crippen LogP contribution in [-0.2, 0) is 21.4 Å². The monoisotopic (exact) mass is 421 g/mol. The van der Waals surface area contributed by atoms with Crippen molar-refractivity contribution in [1.29, 1.82) is 0 Å². The number of halogens is 1. The van der Waals surface area contributed by atoms with Crippen LogP contribution in [0.4, 0.5) is 4.39 Å². The fourth-order valence-electron chi connectivity index (χ4n) is 5.30. The first kappa shape index (κ1) is 20.2. The largest absolute Gasteiger partial charge is 0.379 e. The maximum atomic E-state index is 14.0. The maximum Gasteiger partial charge on any atom is 0.233 e. The predicted molar refractivity (Wildman–Crippen MR) is 116 cm³/mol. The Bertz CT molecular complexity index is 1070. The van der Waals surface area contributed by atoms with E-state index in [9.17, 15) is 9.18 Å². The number of hydrogen-bond acceptors (Lipinski definition) is 3. The topological polar surface area (TPSA) is 46.8 Å². The molecule has 3 heterocycles. The summed E-state index contributed by atoms with van der Waals surface area (Å²) in [5.74, 6) is 0.0816. The van der Waals surface area contributed by atoms with Crippen LogP contribution in [0.25, 0.3) is 5.65 Å². The number of aromatic nitrogens is 2. The fourth-order valence-corrected chi connectivity index (χ4v) is 5.30.